The number of aromatic nitrogens is 4. The molecule has 0 unspecified atom stereocenters. The maximum atomic E-state index is 19.2. The van der Waals surface area contributed by atoms with Gasteiger partial charge in [0.25, 0.3) is 0 Å². The van der Waals surface area contributed by atoms with Crippen LogP contribution in [0, 0.1) is 15.2 Å². The second-order valence-corrected chi connectivity index (χ2v) is 21.9. The van der Waals surface area contributed by atoms with Crippen molar-refractivity contribution in [1.29, 1.82) is 0 Å². The molecular weight excluding hydrogens is 990 g/mol. The Morgan fingerprint density at radius 2 is 0.774 bits per heavy atom. The summed E-state index contributed by atoms with van der Waals surface area (Å²) in [6.45, 7) is 9.03. The number of rotatable bonds is 28. The lowest BCUT2D eigenvalue weighted by Crippen LogP contribution is -2.29. The molecule has 3 aromatic carbocycles. The molecule has 338 valence electrons. The quantitative estimate of drug-likeness (QED) is 0.0370. The first-order valence-electron chi connectivity index (χ1n) is 24.8. The van der Waals surface area contributed by atoms with Gasteiger partial charge in [0, 0.05) is 52.3 Å². The molecule has 2 aliphatic rings. The number of hydrogen-bond donors (Lipinski definition) is 0. The zero-order valence-electron chi connectivity index (χ0n) is 38.1. The highest BCUT2D eigenvalue weighted by Crippen LogP contribution is 2.65. The number of halogens is 4. The molecule has 0 bridgehead atoms. The van der Waals surface area contributed by atoms with E-state index in [1.165, 1.54) is 126 Å². The van der Waals surface area contributed by atoms with Crippen LogP contribution in [0.25, 0.3) is 44.3 Å². The normalized spacial score (nSPS) is 14.6. The molecule has 10 heteroatoms. The minimum absolute atomic E-state index is 0.221. The topological polar surface area (TPSA) is 51.6 Å². The number of unbranched alkanes of at least 4 members (excludes halogenated alkanes) is 20. The smallest absolute Gasteiger partial charge is 0.136 e. The van der Waals surface area contributed by atoms with Crippen LogP contribution in [0.15, 0.2) is 16.6 Å². The van der Waals surface area contributed by atoms with E-state index in [9.17, 15) is 0 Å². The first kappa shape index (κ1) is 48.3. The second kappa shape index (κ2) is 22.7. The van der Waals surface area contributed by atoms with Gasteiger partial charge in [-0.25, -0.2) is 8.78 Å². The van der Waals surface area contributed by atoms with E-state index in [4.69, 9.17) is 17.5 Å². The Labute approximate surface area is 401 Å². The molecule has 0 N–H and O–H groups in total. The highest BCUT2D eigenvalue weighted by atomic mass is 127. The summed E-state index contributed by atoms with van der Waals surface area (Å²) in [5.74, 6) is -0.442. The molecule has 7 rings (SSSR count). The average Bonchev–Trinajstić information content (AvgIpc) is 4.07. The molecule has 62 heavy (non-hydrogen) atoms. The summed E-state index contributed by atoms with van der Waals surface area (Å²) in [5.41, 5.74) is 7.50. The average molecular weight is 1060 g/mol. The van der Waals surface area contributed by atoms with Gasteiger partial charge < -0.3 is 0 Å². The van der Waals surface area contributed by atoms with Crippen LogP contribution in [0.4, 0.5) is 8.78 Å². The highest BCUT2D eigenvalue weighted by Gasteiger charge is 2.54. The molecule has 5 aromatic rings. The number of nitrogens with zero attached hydrogens (tertiary/aromatic N) is 4. The van der Waals surface area contributed by atoms with E-state index >= 15 is 8.78 Å². The third-order valence-corrected chi connectivity index (χ3v) is 17.2. The van der Waals surface area contributed by atoms with Crippen LogP contribution in [0.1, 0.15) is 230 Å². The molecule has 0 aliphatic heterocycles. The molecule has 0 amide bonds. The highest BCUT2D eigenvalue weighted by molar-refractivity contribution is 14.1. The fraction of sp³-hybridized carbons (Fsp3) is 0.654. The van der Waals surface area contributed by atoms with Gasteiger partial charge in [-0.3, -0.25) is 0 Å². The van der Waals surface area contributed by atoms with Crippen molar-refractivity contribution in [1.82, 2.24) is 17.5 Å². The Balaban J connectivity index is 1.47. The predicted molar refractivity (Wildman–Crippen MR) is 273 cm³/mol. The van der Waals surface area contributed by atoms with Crippen molar-refractivity contribution in [3.8, 4) is 22.3 Å². The molecule has 0 fully saturated rings. The zero-order chi connectivity index (χ0) is 43.7. The molecule has 0 atom stereocenters. The molecule has 0 saturated carbocycles. The van der Waals surface area contributed by atoms with E-state index in [-0.39, 0.29) is 11.6 Å². The lowest BCUT2D eigenvalue weighted by atomic mass is 9.68. The van der Waals surface area contributed by atoms with Gasteiger partial charge in [0.1, 0.15) is 33.7 Å². The van der Waals surface area contributed by atoms with Crippen molar-refractivity contribution in [3.63, 3.8) is 0 Å². The van der Waals surface area contributed by atoms with Gasteiger partial charge in [-0.2, -0.15) is 17.5 Å². The summed E-state index contributed by atoms with van der Waals surface area (Å²) >= 11 is 8.68. The van der Waals surface area contributed by atoms with Crippen LogP contribution in [0.3, 0.4) is 0 Å². The first-order valence-corrected chi connectivity index (χ1v) is 28.1. The van der Waals surface area contributed by atoms with Gasteiger partial charge in [-0.05, 0) is 87.5 Å². The van der Waals surface area contributed by atoms with Gasteiger partial charge in [0.15, 0.2) is 0 Å². The summed E-state index contributed by atoms with van der Waals surface area (Å²) in [6.07, 6.45) is 30.7. The molecule has 0 radical (unpaired) electrons. The number of benzene rings is 3. The molecule has 0 spiro atoms. The fourth-order valence-electron chi connectivity index (χ4n) is 11.5. The maximum Gasteiger partial charge on any atom is 0.136 e. The molecule has 2 aliphatic carbocycles. The Hall–Kier alpha value is -1.63. The van der Waals surface area contributed by atoms with E-state index in [1.807, 2.05) is 0 Å². The van der Waals surface area contributed by atoms with Crippen molar-refractivity contribution < 1.29 is 8.78 Å². The number of hydrogen-bond acceptors (Lipinski definition) is 6. The zero-order valence-corrected chi connectivity index (χ0v) is 43.4. The van der Waals surface area contributed by atoms with E-state index in [0.717, 1.165) is 124 Å². The van der Waals surface area contributed by atoms with Crippen molar-refractivity contribution in [3.05, 3.63) is 54.1 Å². The summed E-state index contributed by atoms with van der Waals surface area (Å²) in [7, 11) is 0. The third kappa shape index (κ3) is 9.48. The minimum atomic E-state index is -0.687. The van der Waals surface area contributed by atoms with Crippen LogP contribution in [-0.2, 0) is 10.8 Å². The van der Waals surface area contributed by atoms with Gasteiger partial charge in [0.2, 0.25) is 0 Å². The van der Waals surface area contributed by atoms with Crippen molar-refractivity contribution >= 4 is 84.0 Å². The molecule has 4 nitrogen and oxygen atoms in total. The Bertz CT molecular complexity index is 2080. The SMILES string of the molecule is CCCCCCCCC1(CCCCCCCC)c2cc(Br)c3nsnc3c2-c2c(F)c3c(c(F)c21)-c1c(cc(I)c2nsnc12)C3(CCCCCCCC)CCCCCCCC. The lowest BCUT2D eigenvalue weighted by Gasteiger charge is -2.35. The van der Waals surface area contributed by atoms with Crippen LogP contribution in [0.5, 0.6) is 0 Å². The van der Waals surface area contributed by atoms with E-state index in [2.05, 4.69) is 78.3 Å². The summed E-state index contributed by atoms with van der Waals surface area (Å²) in [4.78, 5) is 0. The molecule has 0 saturated heterocycles. The Kier molecular flexibility index (Phi) is 17.7. The van der Waals surface area contributed by atoms with E-state index < -0.39 is 10.8 Å². The van der Waals surface area contributed by atoms with Gasteiger partial charge in [0.05, 0.1) is 23.5 Å². The fourth-order valence-corrected chi connectivity index (χ4v) is 14.1. The molecular formula is C52H70BrF2IN4S2. The Morgan fingerprint density at radius 1 is 0.452 bits per heavy atom. The second-order valence-electron chi connectivity index (χ2n) is 18.8. The maximum absolute atomic E-state index is 19.2. The van der Waals surface area contributed by atoms with Crippen LogP contribution >= 0.6 is 62.0 Å². The van der Waals surface area contributed by atoms with E-state index in [0.29, 0.717) is 27.8 Å². The van der Waals surface area contributed by atoms with Gasteiger partial charge in [-0.15, -0.1) is 0 Å². The standard InChI is InChI=1S/C52H70BrF2IN4S2/c1-5-9-13-17-21-25-29-51(30-26-22-18-14-10-6-2)35-33-37(53)47-49(59-61-57-47)39(35)41-43(51)46(55)42-40-36(34-38(56)48-50(40)60-62-58-48)52(44(42)45(41)54,31-27-23-19-15-11-7-3)32-28-24-20-16-12-8-4/h33-34H,5-32H2,1-4H3. The van der Waals surface area contributed by atoms with Crippen LogP contribution in [-0.4, -0.2) is 17.5 Å². The monoisotopic (exact) mass is 1060 g/mol. The largest absolute Gasteiger partial charge is 0.206 e. The summed E-state index contributed by atoms with van der Waals surface area (Å²) in [5, 5.41) is 0. The molecule has 2 heterocycles. The van der Waals surface area contributed by atoms with Gasteiger partial charge >= 0.3 is 0 Å². The third-order valence-electron chi connectivity index (χ3n) is 14.7. The predicted octanol–water partition coefficient (Wildman–Crippen LogP) is 18.9. The Morgan fingerprint density at radius 3 is 1.18 bits per heavy atom. The molecule has 2 aromatic heterocycles. The lowest BCUT2D eigenvalue weighted by molar-refractivity contribution is 0.375. The van der Waals surface area contributed by atoms with Gasteiger partial charge in [-0.1, -0.05) is 182 Å². The van der Waals surface area contributed by atoms with Crippen LogP contribution < -0.4 is 0 Å². The van der Waals surface area contributed by atoms with Crippen LogP contribution in [0.2, 0.25) is 0 Å². The van der Waals surface area contributed by atoms with Crippen molar-refractivity contribution in [2.75, 3.05) is 0 Å². The first-order chi connectivity index (χ1) is 30.3. The van der Waals surface area contributed by atoms with E-state index in [1.54, 1.807) is 0 Å². The van der Waals surface area contributed by atoms with Crippen molar-refractivity contribution in [2.24, 2.45) is 0 Å². The number of fused-ring (bicyclic) bond motifs is 10. The summed E-state index contributed by atoms with van der Waals surface area (Å²) < 4.78 is 59.8. The van der Waals surface area contributed by atoms with Crippen molar-refractivity contribution in [2.45, 2.75) is 218 Å². The minimum Gasteiger partial charge on any atom is -0.206 e. The summed E-state index contributed by atoms with van der Waals surface area (Å²) in [6, 6.07) is 4.45.